The Kier molecular flexibility index (Phi) is 4.41. The first-order chi connectivity index (χ1) is 8.06. The van der Waals surface area contributed by atoms with Gasteiger partial charge in [-0.2, -0.15) is 0 Å². The Morgan fingerprint density at radius 2 is 2.18 bits per heavy atom. The fourth-order valence-electron chi connectivity index (χ4n) is 1.16. The molecule has 2 N–H and O–H groups in total. The average molecular weight is 241 g/mol. The van der Waals surface area contributed by atoms with Crippen molar-refractivity contribution in [2.24, 2.45) is 0 Å². The molecule has 1 rings (SSSR count). The molecule has 1 aromatic rings. The monoisotopic (exact) mass is 241 g/mol. The van der Waals surface area contributed by atoms with Crippen LogP contribution < -0.4 is 4.74 Å². The number of rotatable bonds is 6. The van der Waals surface area contributed by atoms with Crippen molar-refractivity contribution in [2.75, 3.05) is 13.2 Å². The van der Waals surface area contributed by atoms with Crippen LogP contribution in [0.25, 0.3) is 0 Å². The zero-order valence-electron chi connectivity index (χ0n) is 8.83. The highest BCUT2D eigenvalue weighted by atomic mass is 16.6. The summed E-state index contributed by atoms with van der Waals surface area (Å²) in [6.07, 6.45) is 0.345. The number of aromatic carboxylic acids is 1. The lowest BCUT2D eigenvalue weighted by atomic mass is 10.2. The number of hydrogen-bond donors (Lipinski definition) is 2. The number of carboxylic acids is 1. The number of ether oxygens (including phenoxy) is 1. The van der Waals surface area contributed by atoms with E-state index < -0.39 is 16.6 Å². The molecule has 0 spiro atoms. The Balaban J connectivity index is 2.96. The highest BCUT2D eigenvalue weighted by Gasteiger charge is 2.18. The predicted octanol–water partition coefficient (Wildman–Crippen LogP) is 1.05. The van der Waals surface area contributed by atoms with Crippen LogP contribution in [0, 0.1) is 10.1 Å². The Hall–Kier alpha value is -2.15. The van der Waals surface area contributed by atoms with E-state index in [9.17, 15) is 14.9 Å². The third kappa shape index (κ3) is 3.42. The Bertz CT molecular complexity index is 431. The maximum Gasteiger partial charge on any atom is 0.335 e. The molecule has 92 valence electrons. The summed E-state index contributed by atoms with van der Waals surface area (Å²) in [7, 11) is 0. The SMILES string of the molecule is O=C(O)c1ccc(OCCCO)c([N+](=O)[O-])c1. The molecule has 0 radical (unpaired) electrons. The van der Waals surface area contributed by atoms with Crippen LogP contribution in [-0.2, 0) is 0 Å². The minimum atomic E-state index is -1.24. The van der Waals surface area contributed by atoms with Crippen LogP contribution in [0.4, 0.5) is 5.69 Å². The van der Waals surface area contributed by atoms with E-state index in [0.29, 0.717) is 6.42 Å². The summed E-state index contributed by atoms with van der Waals surface area (Å²) < 4.78 is 5.08. The van der Waals surface area contributed by atoms with Crippen LogP contribution in [0.1, 0.15) is 16.8 Å². The second-order valence-electron chi connectivity index (χ2n) is 3.17. The van der Waals surface area contributed by atoms with Gasteiger partial charge in [0.1, 0.15) is 0 Å². The summed E-state index contributed by atoms with van der Waals surface area (Å²) in [5.41, 5.74) is -0.575. The summed E-state index contributed by atoms with van der Waals surface area (Å²) in [4.78, 5) is 20.7. The molecular formula is C10H11NO6. The van der Waals surface area contributed by atoms with E-state index in [4.69, 9.17) is 14.9 Å². The van der Waals surface area contributed by atoms with Crippen molar-refractivity contribution < 1.29 is 24.7 Å². The number of carboxylic acid groups (broad SMARTS) is 1. The highest BCUT2D eigenvalue weighted by molar-refractivity contribution is 5.88. The van der Waals surface area contributed by atoms with Gasteiger partial charge in [0.2, 0.25) is 0 Å². The lowest BCUT2D eigenvalue weighted by Crippen LogP contribution is -2.04. The zero-order chi connectivity index (χ0) is 12.8. The fraction of sp³-hybridized carbons (Fsp3) is 0.300. The first-order valence-corrected chi connectivity index (χ1v) is 4.81. The molecule has 0 saturated carbocycles. The molecule has 0 aliphatic heterocycles. The quantitative estimate of drug-likeness (QED) is 0.437. The Morgan fingerprint density at radius 1 is 1.47 bits per heavy atom. The van der Waals surface area contributed by atoms with Gasteiger partial charge in [0.15, 0.2) is 5.75 Å². The van der Waals surface area contributed by atoms with E-state index in [1.165, 1.54) is 12.1 Å². The van der Waals surface area contributed by atoms with Crippen molar-refractivity contribution in [2.45, 2.75) is 6.42 Å². The molecular weight excluding hydrogens is 230 g/mol. The van der Waals surface area contributed by atoms with Gasteiger partial charge in [-0.15, -0.1) is 0 Å². The molecule has 0 fully saturated rings. The lowest BCUT2D eigenvalue weighted by Gasteiger charge is -2.06. The molecule has 7 heteroatoms. The van der Waals surface area contributed by atoms with Gasteiger partial charge in [-0.3, -0.25) is 10.1 Å². The molecule has 0 bridgehead atoms. The van der Waals surface area contributed by atoms with Crippen molar-refractivity contribution >= 4 is 11.7 Å². The molecule has 1 aromatic carbocycles. The number of nitro groups is 1. The molecule has 7 nitrogen and oxygen atoms in total. The second-order valence-corrected chi connectivity index (χ2v) is 3.17. The van der Waals surface area contributed by atoms with E-state index in [-0.39, 0.29) is 24.5 Å². The number of nitro benzene ring substituents is 1. The van der Waals surface area contributed by atoms with Gasteiger partial charge in [0, 0.05) is 19.1 Å². The van der Waals surface area contributed by atoms with Crippen molar-refractivity contribution in [3.8, 4) is 5.75 Å². The van der Waals surface area contributed by atoms with Gasteiger partial charge in [0.05, 0.1) is 17.1 Å². The first kappa shape index (κ1) is 12.9. The molecule has 0 atom stereocenters. The normalized spacial score (nSPS) is 9.94. The molecule has 0 unspecified atom stereocenters. The first-order valence-electron chi connectivity index (χ1n) is 4.81. The molecule has 0 aliphatic rings. The third-order valence-electron chi connectivity index (χ3n) is 1.96. The Morgan fingerprint density at radius 3 is 2.71 bits per heavy atom. The molecule has 0 heterocycles. The number of aliphatic hydroxyl groups excluding tert-OH is 1. The van der Waals surface area contributed by atoms with Crippen molar-refractivity contribution in [1.82, 2.24) is 0 Å². The van der Waals surface area contributed by atoms with Crippen LogP contribution in [0.5, 0.6) is 5.75 Å². The Labute approximate surface area is 96.4 Å². The van der Waals surface area contributed by atoms with Gasteiger partial charge >= 0.3 is 11.7 Å². The smallest absolute Gasteiger partial charge is 0.335 e. The van der Waals surface area contributed by atoms with E-state index in [1.807, 2.05) is 0 Å². The minimum Gasteiger partial charge on any atom is -0.487 e. The second kappa shape index (κ2) is 5.80. The lowest BCUT2D eigenvalue weighted by molar-refractivity contribution is -0.385. The van der Waals surface area contributed by atoms with E-state index in [0.717, 1.165) is 6.07 Å². The van der Waals surface area contributed by atoms with Crippen LogP contribution >= 0.6 is 0 Å². The van der Waals surface area contributed by atoms with E-state index >= 15 is 0 Å². The highest BCUT2D eigenvalue weighted by Crippen LogP contribution is 2.28. The topological polar surface area (TPSA) is 110 Å². The molecule has 0 aromatic heterocycles. The standard InChI is InChI=1S/C10H11NO6/c12-4-1-5-17-9-3-2-7(10(13)14)6-8(9)11(15)16/h2-3,6,12H,1,4-5H2,(H,13,14). The summed E-state index contributed by atoms with van der Waals surface area (Å²) in [6, 6.07) is 3.40. The van der Waals surface area contributed by atoms with Gasteiger partial charge in [-0.1, -0.05) is 0 Å². The van der Waals surface area contributed by atoms with Crippen molar-refractivity contribution in [1.29, 1.82) is 0 Å². The molecule has 0 saturated heterocycles. The third-order valence-corrected chi connectivity index (χ3v) is 1.96. The summed E-state index contributed by atoms with van der Waals surface area (Å²) in [6.45, 7) is 0.0464. The number of carbonyl (C=O) groups is 1. The van der Waals surface area contributed by atoms with Gasteiger partial charge in [-0.25, -0.2) is 4.79 Å². The van der Waals surface area contributed by atoms with Crippen LogP contribution in [-0.4, -0.2) is 34.3 Å². The molecule has 0 amide bonds. The number of aliphatic hydroxyl groups is 1. The van der Waals surface area contributed by atoms with E-state index in [2.05, 4.69) is 0 Å². The zero-order valence-corrected chi connectivity index (χ0v) is 8.83. The number of benzene rings is 1. The molecule has 17 heavy (non-hydrogen) atoms. The summed E-state index contributed by atoms with van der Waals surface area (Å²) in [5.74, 6) is -1.25. The van der Waals surface area contributed by atoms with Gasteiger partial charge < -0.3 is 14.9 Å². The van der Waals surface area contributed by atoms with Gasteiger partial charge in [-0.05, 0) is 12.1 Å². The summed E-state index contributed by atoms with van der Waals surface area (Å²) in [5, 5.41) is 28.0. The van der Waals surface area contributed by atoms with Crippen molar-refractivity contribution in [3.63, 3.8) is 0 Å². The summed E-state index contributed by atoms with van der Waals surface area (Å²) >= 11 is 0. The number of nitrogens with zero attached hydrogens (tertiary/aromatic N) is 1. The van der Waals surface area contributed by atoms with Crippen molar-refractivity contribution in [3.05, 3.63) is 33.9 Å². The maximum absolute atomic E-state index is 10.7. The minimum absolute atomic E-state index is 0.00606. The van der Waals surface area contributed by atoms with Crippen LogP contribution in [0.3, 0.4) is 0 Å². The molecule has 0 aliphatic carbocycles. The van der Waals surface area contributed by atoms with Crippen LogP contribution in [0.15, 0.2) is 18.2 Å². The van der Waals surface area contributed by atoms with Gasteiger partial charge in [0.25, 0.3) is 0 Å². The fourth-order valence-corrected chi connectivity index (χ4v) is 1.16. The van der Waals surface area contributed by atoms with Crippen LogP contribution in [0.2, 0.25) is 0 Å². The largest absolute Gasteiger partial charge is 0.487 e. The average Bonchev–Trinajstić information content (AvgIpc) is 2.29. The maximum atomic E-state index is 10.7. The van der Waals surface area contributed by atoms with E-state index in [1.54, 1.807) is 0 Å². The number of hydrogen-bond acceptors (Lipinski definition) is 5. The predicted molar refractivity (Wildman–Crippen MR) is 57.3 cm³/mol.